The van der Waals surface area contributed by atoms with Gasteiger partial charge in [-0.05, 0) is 30.6 Å². The second-order valence-corrected chi connectivity index (χ2v) is 5.39. The Bertz CT molecular complexity index is 111. The summed E-state index contributed by atoms with van der Waals surface area (Å²) in [5.41, 5.74) is 0.260. The standard InChI is InChI=1S/C11H24O/c1-9(2)6-7-10(12)8-11(3,4)5/h9-10,12H,6-8H2,1-5H3. The van der Waals surface area contributed by atoms with E-state index in [9.17, 15) is 5.11 Å². The second-order valence-electron chi connectivity index (χ2n) is 5.39. The maximum atomic E-state index is 9.63. The predicted octanol–water partition coefficient (Wildman–Crippen LogP) is 3.22. The first-order valence-corrected chi connectivity index (χ1v) is 4.99. The summed E-state index contributed by atoms with van der Waals surface area (Å²) in [4.78, 5) is 0. The largest absolute Gasteiger partial charge is 0.393 e. The molecule has 1 nitrogen and oxygen atoms in total. The quantitative estimate of drug-likeness (QED) is 0.690. The Morgan fingerprint density at radius 3 is 1.92 bits per heavy atom. The summed E-state index contributed by atoms with van der Waals surface area (Å²) < 4.78 is 0. The van der Waals surface area contributed by atoms with Gasteiger partial charge in [0.15, 0.2) is 0 Å². The van der Waals surface area contributed by atoms with Gasteiger partial charge >= 0.3 is 0 Å². The van der Waals surface area contributed by atoms with E-state index in [1.807, 2.05) is 0 Å². The van der Waals surface area contributed by atoms with Crippen LogP contribution in [0.2, 0.25) is 0 Å². The monoisotopic (exact) mass is 172 g/mol. The van der Waals surface area contributed by atoms with Crippen molar-refractivity contribution in [2.24, 2.45) is 11.3 Å². The zero-order valence-corrected chi connectivity index (χ0v) is 9.22. The lowest BCUT2D eigenvalue weighted by Crippen LogP contribution is -2.17. The number of hydrogen-bond acceptors (Lipinski definition) is 1. The molecule has 1 unspecified atom stereocenters. The lowest BCUT2D eigenvalue weighted by molar-refractivity contribution is 0.107. The topological polar surface area (TPSA) is 20.2 Å². The molecule has 0 amide bonds. The fraction of sp³-hybridized carbons (Fsp3) is 1.00. The molecule has 0 aliphatic carbocycles. The highest BCUT2D eigenvalue weighted by Gasteiger charge is 2.16. The van der Waals surface area contributed by atoms with E-state index in [0.717, 1.165) is 19.3 Å². The molecule has 1 heteroatoms. The third kappa shape index (κ3) is 8.06. The van der Waals surface area contributed by atoms with Crippen molar-refractivity contribution in [3.05, 3.63) is 0 Å². The summed E-state index contributed by atoms with van der Waals surface area (Å²) in [6, 6.07) is 0. The fourth-order valence-corrected chi connectivity index (χ4v) is 1.33. The zero-order valence-electron chi connectivity index (χ0n) is 9.22. The van der Waals surface area contributed by atoms with Crippen LogP contribution < -0.4 is 0 Å². The molecule has 0 aliphatic heterocycles. The Morgan fingerprint density at radius 2 is 1.58 bits per heavy atom. The first-order valence-electron chi connectivity index (χ1n) is 4.99. The van der Waals surface area contributed by atoms with Crippen LogP contribution in [0.25, 0.3) is 0 Å². The molecule has 1 atom stereocenters. The molecule has 1 N–H and O–H groups in total. The van der Waals surface area contributed by atoms with Crippen molar-refractivity contribution in [3.63, 3.8) is 0 Å². The smallest absolute Gasteiger partial charge is 0.0545 e. The Labute approximate surface area is 77.2 Å². The molecule has 0 aromatic rings. The summed E-state index contributed by atoms with van der Waals surface area (Å²) in [5, 5.41) is 9.63. The van der Waals surface area contributed by atoms with Gasteiger partial charge in [0.25, 0.3) is 0 Å². The van der Waals surface area contributed by atoms with Crippen LogP contribution in [0.4, 0.5) is 0 Å². The minimum absolute atomic E-state index is 0.104. The van der Waals surface area contributed by atoms with E-state index < -0.39 is 0 Å². The van der Waals surface area contributed by atoms with E-state index >= 15 is 0 Å². The number of rotatable bonds is 4. The number of hydrogen-bond donors (Lipinski definition) is 1. The first-order chi connectivity index (χ1) is 5.31. The maximum absolute atomic E-state index is 9.63. The molecule has 0 radical (unpaired) electrons. The SMILES string of the molecule is CC(C)CCC(O)CC(C)(C)C. The van der Waals surface area contributed by atoms with Crippen LogP contribution in [0.1, 0.15) is 53.9 Å². The predicted molar refractivity (Wildman–Crippen MR) is 54.2 cm³/mol. The molecular formula is C11H24O. The zero-order chi connectivity index (χ0) is 9.78. The van der Waals surface area contributed by atoms with Crippen molar-refractivity contribution in [3.8, 4) is 0 Å². The Hall–Kier alpha value is -0.0400. The third-order valence-corrected chi connectivity index (χ3v) is 1.93. The summed E-state index contributed by atoms with van der Waals surface area (Å²) in [6.45, 7) is 10.9. The van der Waals surface area contributed by atoms with E-state index in [4.69, 9.17) is 0 Å². The molecule has 0 heterocycles. The minimum Gasteiger partial charge on any atom is -0.393 e. The van der Waals surface area contributed by atoms with Crippen molar-refractivity contribution in [1.29, 1.82) is 0 Å². The van der Waals surface area contributed by atoms with Gasteiger partial charge in [0.05, 0.1) is 6.10 Å². The highest BCUT2D eigenvalue weighted by atomic mass is 16.3. The molecule has 12 heavy (non-hydrogen) atoms. The average Bonchev–Trinajstić information content (AvgIpc) is 1.79. The van der Waals surface area contributed by atoms with Gasteiger partial charge in [-0.25, -0.2) is 0 Å². The van der Waals surface area contributed by atoms with Crippen LogP contribution in [0.3, 0.4) is 0 Å². The van der Waals surface area contributed by atoms with Gasteiger partial charge in [0, 0.05) is 0 Å². The normalized spacial score (nSPS) is 15.2. The van der Waals surface area contributed by atoms with Crippen molar-refractivity contribution in [2.45, 2.75) is 60.0 Å². The van der Waals surface area contributed by atoms with Crippen LogP contribution >= 0.6 is 0 Å². The van der Waals surface area contributed by atoms with Crippen LogP contribution in [-0.4, -0.2) is 11.2 Å². The maximum Gasteiger partial charge on any atom is 0.0545 e. The summed E-state index contributed by atoms with van der Waals surface area (Å²) >= 11 is 0. The van der Waals surface area contributed by atoms with Crippen molar-refractivity contribution in [1.82, 2.24) is 0 Å². The van der Waals surface area contributed by atoms with E-state index in [1.54, 1.807) is 0 Å². The van der Waals surface area contributed by atoms with Gasteiger partial charge in [0.2, 0.25) is 0 Å². The average molecular weight is 172 g/mol. The Balaban J connectivity index is 3.53. The lowest BCUT2D eigenvalue weighted by atomic mass is 9.87. The molecule has 74 valence electrons. The van der Waals surface area contributed by atoms with Gasteiger partial charge < -0.3 is 5.11 Å². The van der Waals surface area contributed by atoms with Crippen molar-refractivity contribution >= 4 is 0 Å². The number of aliphatic hydroxyl groups is 1. The van der Waals surface area contributed by atoms with Gasteiger partial charge in [-0.15, -0.1) is 0 Å². The molecule has 0 spiro atoms. The van der Waals surface area contributed by atoms with Gasteiger partial charge in [-0.1, -0.05) is 34.6 Å². The van der Waals surface area contributed by atoms with Crippen LogP contribution in [-0.2, 0) is 0 Å². The highest BCUT2D eigenvalue weighted by Crippen LogP contribution is 2.23. The van der Waals surface area contributed by atoms with E-state index in [-0.39, 0.29) is 11.5 Å². The van der Waals surface area contributed by atoms with Crippen LogP contribution in [0, 0.1) is 11.3 Å². The summed E-state index contributed by atoms with van der Waals surface area (Å²) in [5.74, 6) is 0.708. The Kier molecular flexibility index (Phi) is 4.84. The molecular weight excluding hydrogens is 148 g/mol. The summed E-state index contributed by atoms with van der Waals surface area (Å²) in [7, 11) is 0. The van der Waals surface area contributed by atoms with Gasteiger partial charge in [-0.3, -0.25) is 0 Å². The van der Waals surface area contributed by atoms with Crippen molar-refractivity contribution < 1.29 is 5.11 Å². The molecule has 0 aliphatic rings. The van der Waals surface area contributed by atoms with Crippen LogP contribution in [0.5, 0.6) is 0 Å². The van der Waals surface area contributed by atoms with Gasteiger partial charge in [-0.2, -0.15) is 0 Å². The highest BCUT2D eigenvalue weighted by molar-refractivity contribution is 4.68. The molecule has 0 saturated heterocycles. The molecule has 0 aromatic carbocycles. The molecule has 0 rings (SSSR count). The third-order valence-electron chi connectivity index (χ3n) is 1.93. The summed E-state index contributed by atoms with van der Waals surface area (Å²) in [6.07, 6.45) is 2.90. The molecule has 0 bridgehead atoms. The van der Waals surface area contributed by atoms with E-state index in [0.29, 0.717) is 5.92 Å². The Morgan fingerprint density at radius 1 is 1.08 bits per heavy atom. The first kappa shape index (κ1) is 12.0. The lowest BCUT2D eigenvalue weighted by Gasteiger charge is -2.22. The van der Waals surface area contributed by atoms with Crippen molar-refractivity contribution in [2.75, 3.05) is 0 Å². The van der Waals surface area contributed by atoms with E-state index in [2.05, 4.69) is 34.6 Å². The van der Waals surface area contributed by atoms with E-state index in [1.165, 1.54) is 0 Å². The minimum atomic E-state index is -0.104. The molecule has 0 saturated carbocycles. The fourth-order valence-electron chi connectivity index (χ4n) is 1.33. The molecule has 0 aromatic heterocycles. The van der Waals surface area contributed by atoms with Gasteiger partial charge in [0.1, 0.15) is 0 Å². The number of aliphatic hydroxyl groups excluding tert-OH is 1. The second kappa shape index (κ2) is 4.86. The van der Waals surface area contributed by atoms with Crippen LogP contribution in [0.15, 0.2) is 0 Å². The molecule has 0 fully saturated rings.